The number of thiol groups is 1. The normalized spacial score (nSPS) is 18.8. The lowest BCUT2D eigenvalue weighted by Crippen LogP contribution is -2.24. The lowest BCUT2D eigenvalue weighted by atomic mass is 10.1. The molecule has 0 spiro atoms. The second-order valence-electron chi connectivity index (χ2n) is 4.77. The van der Waals surface area contributed by atoms with E-state index in [1.54, 1.807) is 29.2 Å². The number of rotatable bonds is 2. The standard InChI is InChI=1S/C14H12N2O3S/c17-14-7-9(20)8-15(14)12-5-6-13(16(18)19)11-4-2-1-3-10(11)12/h1-6,9,20H,7-8H2. The minimum Gasteiger partial charge on any atom is -0.311 e. The number of carbonyl (C=O) groups is 1. The number of fused-ring (bicyclic) bond motifs is 1. The van der Waals surface area contributed by atoms with Crippen LogP contribution in [0.4, 0.5) is 11.4 Å². The fourth-order valence-corrected chi connectivity index (χ4v) is 2.90. The van der Waals surface area contributed by atoms with Crippen LogP contribution in [0.5, 0.6) is 0 Å². The lowest BCUT2D eigenvalue weighted by Gasteiger charge is -2.18. The fourth-order valence-electron chi connectivity index (χ4n) is 2.58. The number of non-ortho nitro benzene ring substituents is 1. The van der Waals surface area contributed by atoms with Crippen LogP contribution in [0, 0.1) is 10.1 Å². The van der Waals surface area contributed by atoms with Crippen molar-refractivity contribution in [3.05, 3.63) is 46.5 Å². The van der Waals surface area contributed by atoms with Gasteiger partial charge in [0.2, 0.25) is 5.91 Å². The first kappa shape index (κ1) is 12.9. The van der Waals surface area contributed by atoms with Gasteiger partial charge in [0, 0.05) is 29.7 Å². The Bertz CT molecular complexity index is 717. The van der Waals surface area contributed by atoms with Gasteiger partial charge >= 0.3 is 0 Å². The molecule has 0 aliphatic carbocycles. The van der Waals surface area contributed by atoms with Gasteiger partial charge in [0.25, 0.3) is 5.69 Å². The number of benzene rings is 2. The van der Waals surface area contributed by atoms with Crippen LogP contribution in [0.3, 0.4) is 0 Å². The molecular weight excluding hydrogens is 276 g/mol. The largest absolute Gasteiger partial charge is 0.311 e. The van der Waals surface area contributed by atoms with Crippen molar-refractivity contribution < 1.29 is 9.72 Å². The van der Waals surface area contributed by atoms with Crippen LogP contribution in [0.2, 0.25) is 0 Å². The topological polar surface area (TPSA) is 63.5 Å². The zero-order valence-electron chi connectivity index (χ0n) is 10.5. The van der Waals surface area contributed by atoms with Crippen molar-refractivity contribution in [2.75, 3.05) is 11.4 Å². The van der Waals surface area contributed by atoms with Gasteiger partial charge < -0.3 is 4.90 Å². The minimum atomic E-state index is -0.403. The molecule has 0 radical (unpaired) electrons. The van der Waals surface area contributed by atoms with Crippen LogP contribution in [0.25, 0.3) is 10.8 Å². The molecule has 102 valence electrons. The van der Waals surface area contributed by atoms with Crippen LogP contribution >= 0.6 is 12.6 Å². The fraction of sp³-hybridized carbons (Fsp3) is 0.214. The molecule has 0 aromatic heterocycles. The van der Waals surface area contributed by atoms with E-state index in [0.717, 1.165) is 5.39 Å². The van der Waals surface area contributed by atoms with Crippen molar-refractivity contribution in [3.63, 3.8) is 0 Å². The Kier molecular flexibility index (Phi) is 3.10. The van der Waals surface area contributed by atoms with Gasteiger partial charge in [-0.25, -0.2) is 0 Å². The number of hydrogen-bond donors (Lipinski definition) is 1. The number of amides is 1. The van der Waals surface area contributed by atoms with Crippen LogP contribution in [-0.4, -0.2) is 22.6 Å². The zero-order chi connectivity index (χ0) is 14.3. The molecule has 2 aromatic rings. The minimum absolute atomic E-state index is 0.00371. The third kappa shape index (κ3) is 2.02. The highest BCUT2D eigenvalue weighted by atomic mass is 32.1. The second-order valence-corrected chi connectivity index (χ2v) is 5.50. The van der Waals surface area contributed by atoms with Crippen molar-refractivity contribution in [1.82, 2.24) is 0 Å². The Morgan fingerprint density at radius 1 is 1.20 bits per heavy atom. The summed E-state index contributed by atoms with van der Waals surface area (Å²) >= 11 is 4.34. The van der Waals surface area contributed by atoms with Crippen molar-refractivity contribution in [3.8, 4) is 0 Å². The molecule has 1 aliphatic heterocycles. The summed E-state index contributed by atoms with van der Waals surface area (Å²) in [5.41, 5.74) is 0.770. The Labute approximate surface area is 120 Å². The molecule has 1 atom stereocenters. The summed E-state index contributed by atoms with van der Waals surface area (Å²) in [6.07, 6.45) is 0.397. The quantitative estimate of drug-likeness (QED) is 0.525. The molecule has 1 amide bonds. The molecule has 0 saturated carbocycles. The summed E-state index contributed by atoms with van der Waals surface area (Å²) in [6, 6.07) is 10.2. The van der Waals surface area contributed by atoms with Crippen LogP contribution in [-0.2, 0) is 4.79 Å². The van der Waals surface area contributed by atoms with Gasteiger partial charge in [-0.05, 0) is 12.1 Å². The molecule has 0 bridgehead atoms. The van der Waals surface area contributed by atoms with Gasteiger partial charge in [0.15, 0.2) is 0 Å². The highest BCUT2D eigenvalue weighted by Crippen LogP contribution is 2.35. The van der Waals surface area contributed by atoms with E-state index < -0.39 is 4.92 Å². The molecular formula is C14H12N2O3S. The Balaban J connectivity index is 2.21. The summed E-state index contributed by atoms with van der Waals surface area (Å²) in [5.74, 6) is 0.00371. The molecule has 1 fully saturated rings. The predicted molar refractivity (Wildman–Crippen MR) is 80.3 cm³/mol. The number of nitrogens with zero attached hydrogens (tertiary/aromatic N) is 2. The second kappa shape index (κ2) is 4.79. The van der Waals surface area contributed by atoms with Crippen LogP contribution in [0.1, 0.15) is 6.42 Å². The first-order valence-electron chi connectivity index (χ1n) is 6.22. The van der Waals surface area contributed by atoms with Gasteiger partial charge in [-0.3, -0.25) is 14.9 Å². The van der Waals surface area contributed by atoms with Crippen molar-refractivity contribution in [2.45, 2.75) is 11.7 Å². The van der Waals surface area contributed by atoms with E-state index >= 15 is 0 Å². The van der Waals surface area contributed by atoms with Crippen molar-refractivity contribution in [2.24, 2.45) is 0 Å². The predicted octanol–water partition coefficient (Wildman–Crippen LogP) is 2.78. The Morgan fingerprint density at radius 2 is 1.90 bits per heavy atom. The van der Waals surface area contributed by atoms with Crippen molar-refractivity contribution >= 4 is 40.7 Å². The summed E-state index contributed by atoms with van der Waals surface area (Å²) in [5, 5.41) is 12.4. The average Bonchev–Trinajstić information content (AvgIpc) is 2.76. The van der Waals surface area contributed by atoms with Gasteiger partial charge in [-0.15, -0.1) is 0 Å². The van der Waals surface area contributed by atoms with Gasteiger partial charge in [-0.1, -0.05) is 18.2 Å². The van der Waals surface area contributed by atoms with E-state index in [9.17, 15) is 14.9 Å². The molecule has 1 unspecified atom stereocenters. The van der Waals surface area contributed by atoms with Gasteiger partial charge in [-0.2, -0.15) is 12.6 Å². The van der Waals surface area contributed by atoms with Crippen LogP contribution < -0.4 is 4.90 Å². The summed E-state index contributed by atoms with van der Waals surface area (Å²) < 4.78 is 0. The first-order chi connectivity index (χ1) is 9.58. The summed E-state index contributed by atoms with van der Waals surface area (Å²) in [6.45, 7) is 0.531. The van der Waals surface area contributed by atoms with E-state index in [0.29, 0.717) is 24.0 Å². The molecule has 1 heterocycles. The lowest BCUT2D eigenvalue weighted by molar-refractivity contribution is -0.383. The molecule has 1 aliphatic rings. The van der Waals surface area contributed by atoms with E-state index in [-0.39, 0.29) is 16.8 Å². The monoisotopic (exact) mass is 288 g/mol. The Hall–Kier alpha value is -2.08. The smallest absolute Gasteiger partial charge is 0.277 e. The van der Waals surface area contributed by atoms with Crippen molar-refractivity contribution in [1.29, 1.82) is 0 Å². The highest BCUT2D eigenvalue weighted by molar-refractivity contribution is 7.81. The molecule has 5 nitrogen and oxygen atoms in total. The zero-order valence-corrected chi connectivity index (χ0v) is 11.4. The van der Waals surface area contributed by atoms with E-state index in [1.807, 2.05) is 6.07 Å². The van der Waals surface area contributed by atoms with Gasteiger partial charge in [0.1, 0.15) is 0 Å². The maximum absolute atomic E-state index is 12.0. The molecule has 2 aromatic carbocycles. The number of anilines is 1. The third-order valence-electron chi connectivity index (χ3n) is 3.47. The third-order valence-corrected chi connectivity index (χ3v) is 3.82. The van der Waals surface area contributed by atoms with Gasteiger partial charge in [0.05, 0.1) is 16.0 Å². The number of nitro benzene ring substituents is 1. The molecule has 6 heteroatoms. The average molecular weight is 288 g/mol. The summed E-state index contributed by atoms with van der Waals surface area (Å²) in [4.78, 5) is 24.3. The van der Waals surface area contributed by atoms with E-state index in [4.69, 9.17) is 0 Å². The summed E-state index contributed by atoms with van der Waals surface area (Å²) in [7, 11) is 0. The number of hydrogen-bond acceptors (Lipinski definition) is 4. The Morgan fingerprint density at radius 3 is 2.50 bits per heavy atom. The SMILES string of the molecule is O=C1CC(S)CN1c1ccc([N+](=O)[O-])c2ccccc12. The molecule has 3 rings (SSSR count). The highest BCUT2D eigenvalue weighted by Gasteiger charge is 2.30. The number of carbonyl (C=O) groups excluding carboxylic acids is 1. The molecule has 1 saturated heterocycles. The molecule has 20 heavy (non-hydrogen) atoms. The first-order valence-corrected chi connectivity index (χ1v) is 6.74. The maximum Gasteiger partial charge on any atom is 0.277 e. The molecule has 0 N–H and O–H groups in total. The number of nitro groups is 1. The van der Waals surface area contributed by atoms with Crippen LogP contribution in [0.15, 0.2) is 36.4 Å². The van der Waals surface area contributed by atoms with E-state index in [1.165, 1.54) is 6.07 Å². The van der Waals surface area contributed by atoms with E-state index in [2.05, 4.69) is 12.6 Å². The maximum atomic E-state index is 12.0.